The molecule has 98 valence electrons. The second-order valence-corrected chi connectivity index (χ2v) is 7.18. The minimum Gasteiger partial charge on any atom is -0.212 e. The largest absolute Gasteiger partial charge is 0.216 e. The molecular formula is C12H27NO2S. The van der Waals surface area contributed by atoms with Crippen LogP contribution in [0.1, 0.15) is 48.0 Å². The van der Waals surface area contributed by atoms with Crippen LogP contribution in [-0.4, -0.2) is 31.1 Å². The van der Waals surface area contributed by atoms with Gasteiger partial charge in [0.15, 0.2) is 0 Å². The molecule has 1 heterocycles. The third-order valence-electron chi connectivity index (χ3n) is 3.25. The Hall–Kier alpha value is -0.0900. The van der Waals surface area contributed by atoms with Crippen molar-refractivity contribution < 1.29 is 8.42 Å². The molecule has 0 aliphatic carbocycles. The molecule has 0 bridgehead atoms. The Balaban J connectivity index is 0.00000106. The van der Waals surface area contributed by atoms with E-state index in [9.17, 15) is 8.42 Å². The first kappa shape index (κ1) is 15.9. The molecule has 0 amide bonds. The van der Waals surface area contributed by atoms with Gasteiger partial charge in [0, 0.05) is 13.1 Å². The Morgan fingerprint density at radius 3 is 2.00 bits per heavy atom. The van der Waals surface area contributed by atoms with Crippen LogP contribution >= 0.6 is 0 Å². The van der Waals surface area contributed by atoms with Crippen molar-refractivity contribution >= 4 is 10.0 Å². The van der Waals surface area contributed by atoms with Gasteiger partial charge < -0.3 is 0 Å². The van der Waals surface area contributed by atoms with Crippen molar-refractivity contribution in [2.45, 2.75) is 53.2 Å². The summed E-state index contributed by atoms with van der Waals surface area (Å²) < 4.78 is 25.4. The van der Waals surface area contributed by atoms with E-state index in [1.54, 1.807) is 18.2 Å². The molecule has 1 unspecified atom stereocenters. The van der Waals surface area contributed by atoms with Crippen LogP contribution in [0, 0.1) is 11.8 Å². The van der Waals surface area contributed by atoms with E-state index in [4.69, 9.17) is 0 Å². The van der Waals surface area contributed by atoms with Crippen LogP contribution < -0.4 is 0 Å². The maximum absolute atomic E-state index is 11.9. The first-order valence-corrected chi connectivity index (χ1v) is 7.85. The zero-order valence-corrected chi connectivity index (χ0v) is 12.3. The molecule has 2 atom stereocenters. The molecule has 0 saturated carbocycles. The fourth-order valence-electron chi connectivity index (χ4n) is 1.75. The highest BCUT2D eigenvalue weighted by molar-refractivity contribution is 7.89. The van der Waals surface area contributed by atoms with Gasteiger partial charge in [-0.2, -0.15) is 0 Å². The second kappa shape index (κ2) is 6.60. The Labute approximate surface area is 101 Å². The van der Waals surface area contributed by atoms with E-state index in [-0.39, 0.29) is 5.25 Å². The van der Waals surface area contributed by atoms with Crippen molar-refractivity contribution in [3.8, 4) is 0 Å². The van der Waals surface area contributed by atoms with E-state index in [1.807, 2.05) is 13.8 Å². The fraction of sp³-hybridized carbons (Fsp3) is 1.00. The van der Waals surface area contributed by atoms with Crippen molar-refractivity contribution in [1.82, 2.24) is 4.31 Å². The van der Waals surface area contributed by atoms with Gasteiger partial charge >= 0.3 is 0 Å². The summed E-state index contributed by atoms with van der Waals surface area (Å²) in [5.74, 6) is 1.13. The summed E-state index contributed by atoms with van der Waals surface area (Å²) in [5, 5.41) is -0.289. The predicted octanol–water partition coefficient (Wildman–Crippen LogP) is 2.73. The number of hydrogen-bond donors (Lipinski definition) is 0. The lowest BCUT2D eigenvalue weighted by Gasteiger charge is -2.35. The van der Waals surface area contributed by atoms with Crippen LogP contribution in [-0.2, 0) is 10.0 Å². The first-order chi connectivity index (χ1) is 7.35. The lowest BCUT2D eigenvalue weighted by Crippen LogP contribution is -2.44. The first-order valence-electron chi connectivity index (χ1n) is 6.34. The van der Waals surface area contributed by atoms with Crippen LogP contribution in [0.25, 0.3) is 0 Å². The topological polar surface area (TPSA) is 37.4 Å². The van der Waals surface area contributed by atoms with Crippen LogP contribution in [0.3, 0.4) is 0 Å². The summed E-state index contributed by atoms with van der Waals surface area (Å²) in [6, 6.07) is 0. The van der Waals surface area contributed by atoms with Crippen LogP contribution in [0.4, 0.5) is 0 Å². The molecule has 0 aromatic heterocycles. The monoisotopic (exact) mass is 249 g/mol. The van der Waals surface area contributed by atoms with Gasteiger partial charge in [0.2, 0.25) is 10.0 Å². The lowest BCUT2D eigenvalue weighted by molar-refractivity contribution is 0.211. The zero-order valence-electron chi connectivity index (χ0n) is 11.5. The standard InChI is InChI=1S/C10H21NO2S.C2H6/c1-8(2)14(12,13)11-6-5-9(3)10(4)7-11;1-2/h8-10H,5-7H2,1-4H3;1-2H3/t9?,10-;/m0./s1. The SMILES string of the molecule is CC.CC1CCN(S(=O)(=O)C(C)C)C[C@@H]1C. The Kier molecular flexibility index (Phi) is 6.56. The molecule has 16 heavy (non-hydrogen) atoms. The molecule has 1 fully saturated rings. The fourth-order valence-corrected chi connectivity index (χ4v) is 3.15. The van der Waals surface area contributed by atoms with Gasteiger partial charge in [0.1, 0.15) is 0 Å². The van der Waals surface area contributed by atoms with Gasteiger partial charge in [-0.15, -0.1) is 0 Å². The molecule has 1 rings (SSSR count). The molecule has 0 spiro atoms. The minimum absolute atomic E-state index is 0.289. The van der Waals surface area contributed by atoms with E-state index in [0.717, 1.165) is 6.42 Å². The number of nitrogens with zero attached hydrogens (tertiary/aromatic N) is 1. The Morgan fingerprint density at radius 1 is 1.12 bits per heavy atom. The lowest BCUT2D eigenvalue weighted by atomic mass is 9.90. The van der Waals surface area contributed by atoms with Crippen LogP contribution in [0.5, 0.6) is 0 Å². The number of hydrogen-bond acceptors (Lipinski definition) is 2. The maximum atomic E-state index is 11.9. The predicted molar refractivity (Wildman–Crippen MR) is 69.9 cm³/mol. The number of sulfonamides is 1. The summed E-state index contributed by atoms with van der Waals surface area (Å²) in [5.41, 5.74) is 0. The average Bonchev–Trinajstić information content (AvgIpc) is 2.24. The molecular weight excluding hydrogens is 222 g/mol. The number of piperidine rings is 1. The normalized spacial score (nSPS) is 27.4. The molecule has 1 aliphatic heterocycles. The van der Waals surface area contributed by atoms with Crippen molar-refractivity contribution in [3.63, 3.8) is 0 Å². The smallest absolute Gasteiger partial charge is 0.212 e. The second-order valence-electron chi connectivity index (χ2n) is 4.69. The summed E-state index contributed by atoms with van der Waals surface area (Å²) in [6.07, 6.45) is 0.993. The van der Waals surface area contributed by atoms with Crippen molar-refractivity contribution in [2.24, 2.45) is 11.8 Å². The number of rotatable bonds is 2. The van der Waals surface area contributed by atoms with Gasteiger partial charge in [-0.25, -0.2) is 12.7 Å². The van der Waals surface area contributed by atoms with Crippen molar-refractivity contribution in [1.29, 1.82) is 0 Å². The minimum atomic E-state index is -3.02. The van der Waals surface area contributed by atoms with Crippen LogP contribution in [0.2, 0.25) is 0 Å². The van der Waals surface area contributed by atoms with Gasteiger partial charge in [0.05, 0.1) is 5.25 Å². The molecule has 1 aliphatic rings. The average molecular weight is 249 g/mol. The third-order valence-corrected chi connectivity index (χ3v) is 5.50. The van der Waals surface area contributed by atoms with E-state index < -0.39 is 10.0 Å². The molecule has 3 nitrogen and oxygen atoms in total. The summed E-state index contributed by atoms with van der Waals surface area (Å²) in [4.78, 5) is 0. The van der Waals surface area contributed by atoms with E-state index in [1.165, 1.54) is 0 Å². The third kappa shape index (κ3) is 3.74. The Bertz CT molecular complexity index is 285. The molecule has 4 heteroatoms. The highest BCUT2D eigenvalue weighted by Crippen LogP contribution is 2.25. The quantitative estimate of drug-likeness (QED) is 0.754. The Morgan fingerprint density at radius 2 is 1.62 bits per heavy atom. The zero-order chi connectivity index (χ0) is 12.9. The highest BCUT2D eigenvalue weighted by atomic mass is 32.2. The van der Waals surface area contributed by atoms with E-state index in [0.29, 0.717) is 24.9 Å². The highest BCUT2D eigenvalue weighted by Gasteiger charge is 2.32. The van der Waals surface area contributed by atoms with Crippen molar-refractivity contribution in [3.05, 3.63) is 0 Å². The summed E-state index contributed by atoms with van der Waals surface area (Å²) in [7, 11) is -3.02. The molecule has 0 N–H and O–H groups in total. The molecule has 0 radical (unpaired) electrons. The van der Waals surface area contributed by atoms with Gasteiger partial charge in [0.25, 0.3) is 0 Å². The molecule has 0 aromatic rings. The van der Waals surface area contributed by atoms with Gasteiger partial charge in [-0.1, -0.05) is 27.7 Å². The van der Waals surface area contributed by atoms with Crippen molar-refractivity contribution in [2.75, 3.05) is 13.1 Å². The maximum Gasteiger partial charge on any atom is 0.216 e. The van der Waals surface area contributed by atoms with E-state index in [2.05, 4.69) is 13.8 Å². The molecule has 0 aromatic carbocycles. The molecule has 1 saturated heterocycles. The van der Waals surface area contributed by atoms with Crippen LogP contribution in [0.15, 0.2) is 0 Å². The van der Waals surface area contributed by atoms with E-state index >= 15 is 0 Å². The summed E-state index contributed by atoms with van der Waals surface area (Å²) in [6.45, 7) is 13.2. The van der Waals surface area contributed by atoms with Gasteiger partial charge in [-0.05, 0) is 32.1 Å². The summed E-state index contributed by atoms with van der Waals surface area (Å²) >= 11 is 0. The van der Waals surface area contributed by atoms with Gasteiger partial charge in [-0.3, -0.25) is 0 Å².